The predicted octanol–water partition coefficient (Wildman–Crippen LogP) is 4.11. The molecule has 1 aromatic rings. The number of rotatable bonds is 4. The summed E-state index contributed by atoms with van der Waals surface area (Å²) in [5, 5.41) is 2.22. The van der Waals surface area contributed by atoms with Crippen molar-refractivity contribution in [2.45, 2.75) is 39.7 Å². The molecule has 1 aromatic carbocycles. The Bertz CT molecular complexity index is 608. The Balaban J connectivity index is 3.21. The highest BCUT2D eigenvalue weighted by Gasteiger charge is 2.34. The highest BCUT2D eigenvalue weighted by Crippen LogP contribution is 2.32. The Morgan fingerprint density at radius 2 is 1.79 bits per heavy atom. The van der Waals surface area contributed by atoms with Gasteiger partial charge in [-0.15, -0.1) is 13.2 Å². The fraction of sp³-hybridized carbons (Fsp3) is 0.467. The molecule has 1 N–H and O–H groups in total. The average molecular weight is 349 g/mol. The topological polar surface area (TPSA) is 73.9 Å². The van der Waals surface area contributed by atoms with Gasteiger partial charge < -0.3 is 14.2 Å². The van der Waals surface area contributed by atoms with E-state index in [-0.39, 0.29) is 12.3 Å². The third-order valence-electron chi connectivity index (χ3n) is 2.37. The zero-order valence-electron chi connectivity index (χ0n) is 13.6. The summed E-state index contributed by atoms with van der Waals surface area (Å²) in [7, 11) is 0. The first-order chi connectivity index (χ1) is 10.9. The van der Waals surface area contributed by atoms with Crippen LogP contribution in [-0.2, 0) is 9.47 Å². The van der Waals surface area contributed by atoms with Crippen molar-refractivity contribution in [3.63, 3.8) is 0 Å². The highest BCUT2D eigenvalue weighted by atomic mass is 19.4. The lowest BCUT2D eigenvalue weighted by Gasteiger charge is -2.21. The van der Waals surface area contributed by atoms with Crippen molar-refractivity contribution < 1.29 is 37.0 Å². The van der Waals surface area contributed by atoms with Gasteiger partial charge in [0.2, 0.25) is 0 Å². The number of esters is 1. The van der Waals surface area contributed by atoms with E-state index in [0.29, 0.717) is 0 Å². The number of carbonyl (C=O) groups is 2. The van der Waals surface area contributed by atoms with Gasteiger partial charge in [-0.25, -0.2) is 9.59 Å². The van der Waals surface area contributed by atoms with Crippen LogP contribution in [0.3, 0.4) is 0 Å². The molecule has 0 saturated carbocycles. The number of benzene rings is 1. The minimum absolute atomic E-state index is 0.0644. The molecule has 9 heteroatoms. The van der Waals surface area contributed by atoms with Gasteiger partial charge in [0.25, 0.3) is 0 Å². The van der Waals surface area contributed by atoms with E-state index in [2.05, 4.69) is 10.1 Å². The van der Waals surface area contributed by atoms with Crippen LogP contribution in [-0.4, -0.2) is 30.6 Å². The van der Waals surface area contributed by atoms with Gasteiger partial charge in [-0.1, -0.05) is 6.07 Å². The monoisotopic (exact) mass is 349 g/mol. The standard InChI is InChI=1S/C15H18F3NO5/c1-5-22-12(20)11-9(19-13(21)24-14(2,3)4)7-6-8-10(11)23-15(16,17)18/h6-8H,5H2,1-4H3,(H,19,21). The van der Waals surface area contributed by atoms with Gasteiger partial charge in [-0.05, 0) is 39.8 Å². The maximum atomic E-state index is 12.5. The largest absolute Gasteiger partial charge is 0.573 e. The molecule has 24 heavy (non-hydrogen) atoms. The van der Waals surface area contributed by atoms with Crippen molar-refractivity contribution in [3.8, 4) is 5.75 Å². The van der Waals surface area contributed by atoms with Crippen LogP contribution >= 0.6 is 0 Å². The second-order valence-electron chi connectivity index (χ2n) is 5.57. The lowest BCUT2D eigenvalue weighted by atomic mass is 10.1. The lowest BCUT2D eigenvalue weighted by molar-refractivity contribution is -0.274. The minimum Gasteiger partial charge on any atom is -0.462 e. The smallest absolute Gasteiger partial charge is 0.462 e. The van der Waals surface area contributed by atoms with Crippen molar-refractivity contribution in [1.82, 2.24) is 0 Å². The van der Waals surface area contributed by atoms with Gasteiger partial charge in [0.1, 0.15) is 16.9 Å². The van der Waals surface area contributed by atoms with E-state index < -0.39 is 35.3 Å². The molecule has 6 nitrogen and oxygen atoms in total. The fourth-order valence-electron chi connectivity index (χ4n) is 1.67. The zero-order valence-corrected chi connectivity index (χ0v) is 13.6. The zero-order chi connectivity index (χ0) is 18.5. The molecule has 0 fully saturated rings. The van der Waals surface area contributed by atoms with E-state index in [1.165, 1.54) is 19.1 Å². The van der Waals surface area contributed by atoms with Gasteiger partial charge >= 0.3 is 18.4 Å². The van der Waals surface area contributed by atoms with Crippen LogP contribution in [0, 0.1) is 0 Å². The molecule has 1 rings (SSSR count). The first-order valence-electron chi connectivity index (χ1n) is 6.99. The molecule has 0 unspecified atom stereocenters. The van der Waals surface area contributed by atoms with E-state index in [0.717, 1.165) is 6.07 Å². The molecule has 0 radical (unpaired) electrons. The van der Waals surface area contributed by atoms with Crippen LogP contribution in [0.2, 0.25) is 0 Å². The maximum Gasteiger partial charge on any atom is 0.573 e. The van der Waals surface area contributed by atoms with Crippen molar-refractivity contribution >= 4 is 17.7 Å². The Morgan fingerprint density at radius 1 is 1.17 bits per heavy atom. The van der Waals surface area contributed by atoms with Crippen molar-refractivity contribution in [3.05, 3.63) is 23.8 Å². The van der Waals surface area contributed by atoms with E-state index >= 15 is 0 Å². The predicted molar refractivity (Wildman–Crippen MR) is 78.9 cm³/mol. The normalized spacial score (nSPS) is 11.6. The van der Waals surface area contributed by atoms with Crippen LogP contribution in [0.1, 0.15) is 38.1 Å². The van der Waals surface area contributed by atoms with Crippen molar-refractivity contribution in [1.29, 1.82) is 0 Å². The minimum atomic E-state index is -5.01. The van der Waals surface area contributed by atoms with Crippen LogP contribution in [0.25, 0.3) is 0 Å². The number of amides is 1. The molecule has 0 aliphatic carbocycles. The Hall–Kier alpha value is -2.45. The number of ether oxygens (including phenoxy) is 3. The number of hydrogen-bond donors (Lipinski definition) is 1. The van der Waals surface area contributed by atoms with Crippen LogP contribution in [0.5, 0.6) is 5.75 Å². The summed E-state index contributed by atoms with van der Waals surface area (Å²) >= 11 is 0. The summed E-state index contributed by atoms with van der Waals surface area (Å²) in [5.41, 5.74) is -1.60. The van der Waals surface area contributed by atoms with Gasteiger partial charge in [0, 0.05) is 0 Å². The third kappa shape index (κ3) is 6.35. The summed E-state index contributed by atoms with van der Waals surface area (Å²) in [5.74, 6) is -1.85. The third-order valence-corrected chi connectivity index (χ3v) is 2.37. The quantitative estimate of drug-likeness (QED) is 0.828. The summed E-state index contributed by atoms with van der Waals surface area (Å²) < 4.78 is 51.1. The molecule has 1 amide bonds. The van der Waals surface area contributed by atoms with Crippen molar-refractivity contribution in [2.24, 2.45) is 0 Å². The van der Waals surface area contributed by atoms with Crippen LogP contribution in [0.4, 0.5) is 23.7 Å². The van der Waals surface area contributed by atoms with E-state index in [9.17, 15) is 22.8 Å². The Labute approximate surface area is 136 Å². The molecular weight excluding hydrogens is 331 g/mol. The second-order valence-corrected chi connectivity index (χ2v) is 5.57. The van der Waals surface area contributed by atoms with Crippen LogP contribution in [0.15, 0.2) is 18.2 Å². The summed E-state index contributed by atoms with van der Waals surface area (Å²) in [6.45, 7) is 6.27. The summed E-state index contributed by atoms with van der Waals surface area (Å²) in [6, 6.07) is 3.37. The van der Waals surface area contributed by atoms with Gasteiger partial charge in [-0.3, -0.25) is 5.32 Å². The van der Waals surface area contributed by atoms with Gasteiger partial charge in [-0.2, -0.15) is 0 Å². The average Bonchev–Trinajstić information content (AvgIpc) is 2.34. The molecule has 134 valence electrons. The number of hydrogen-bond acceptors (Lipinski definition) is 5. The SMILES string of the molecule is CCOC(=O)c1c(NC(=O)OC(C)(C)C)cccc1OC(F)(F)F. The second kappa shape index (κ2) is 7.41. The van der Waals surface area contributed by atoms with Crippen LogP contribution < -0.4 is 10.1 Å². The molecule has 0 heterocycles. The van der Waals surface area contributed by atoms with E-state index in [1.807, 2.05) is 0 Å². The number of alkyl halides is 3. The van der Waals surface area contributed by atoms with Gasteiger partial charge in [0.05, 0.1) is 12.3 Å². The molecule has 0 aliphatic heterocycles. The van der Waals surface area contributed by atoms with E-state index in [1.54, 1.807) is 20.8 Å². The fourth-order valence-corrected chi connectivity index (χ4v) is 1.67. The maximum absolute atomic E-state index is 12.5. The Kier molecular flexibility index (Phi) is 6.05. The van der Waals surface area contributed by atoms with Crippen molar-refractivity contribution in [2.75, 3.05) is 11.9 Å². The highest BCUT2D eigenvalue weighted by molar-refractivity contribution is 6.02. The first kappa shape index (κ1) is 19.6. The first-order valence-corrected chi connectivity index (χ1v) is 6.99. The number of halogens is 3. The molecule has 0 bridgehead atoms. The lowest BCUT2D eigenvalue weighted by Crippen LogP contribution is -2.28. The number of carbonyl (C=O) groups excluding carboxylic acids is 2. The number of anilines is 1. The summed E-state index contributed by atoms with van der Waals surface area (Å²) in [6.07, 6.45) is -5.94. The molecular formula is C15H18F3NO5. The summed E-state index contributed by atoms with van der Waals surface area (Å²) in [4.78, 5) is 23.8. The Morgan fingerprint density at radius 3 is 2.29 bits per heavy atom. The molecule has 0 aromatic heterocycles. The number of nitrogens with one attached hydrogen (secondary N) is 1. The molecule has 0 saturated heterocycles. The molecule has 0 aliphatic rings. The van der Waals surface area contributed by atoms with E-state index in [4.69, 9.17) is 9.47 Å². The molecule has 0 atom stereocenters. The van der Waals surface area contributed by atoms with Gasteiger partial charge in [0.15, 0.2) is 0 Å². The molecule has 0 spiro atoms.